The minimum atomic E-state index is -0.960. The zero-order valence-corrected chi connectivity index (χ0v) is 21.4. The van der Waals surface area contributed by atoms with Gasteiger partial charge in [0.05, 0.1) is 23.9 Å². The molecular formula is C28H27BrN4O3. The number of carbonyl (C=O) groups is 1. The van der Waals surface area contributed by atoms with Crippen LogP contribution in [0.1, 0.15) is 27.6 Å². The number of aliphatic hydroxyl groups is 1. The number of hydrogen-bond acceptors (Lipinski definition) is 6. The summed E-state index contributed by atoms with van der Waals surface area (Å²) in [7, 11) is 1.62. The fourth-order valence-corrected chi connectivity index (χ4v) is 4.30. The van der Waals surface area contributed by atoms with Gasteiger partial charge in [0.1, 0.15) is 5.75 Å². The molecule has 7 nitrogen and oxygen atoms in total. The van der Waals surface area contributed by atoms with Crippen molar-refractivity contribution in [3.8, 4) is 17.0 Å². The van der Waals surface area contributed by atoms with Crippen LogP contribution in [0.15, 0.2) is 89.5 Å². The lowest BCUT2D eigenvalue weighted by atomic mass is 10.1. The van der Waals surface area contributed by atoms with Crippen molar-refractivity contribution >= 4 is 27.8 Å². The molecule has 3 N–H and O–H groups in total. The number of aromatic hydroxyl groups is 1. The van der Waals surface area contributed by atoms with Crippen LogP contribution in [0.4, 0.5) is 5.95 Å². The van der Waals surface area contributed by atoms with E-state index in [-0.39, 0.29) is 18.2 Å². The van der Waals surface area contributed by atoms with Crippen molar-refractivity contribution in [2.45, 2.75) is 12.5 Å². The van der Waals surface area contributed by atoms with E-state index >= 15 is 0 Å². The van der Waals surface area contributed by atoms with E-state index in [4.69, 9.17) is 4.98 Å². The van der Waals surface area contributed by atoms with Gasteiger partial charge in [0.15, 0.2) is 0 Å². The summed E-state index contributed by atoms with van der Waals surface area (Å²) in [4.78, 5) is 24.0. The van der Waals surface area contributed by atoms with Crippen molar-refractivity contribution in [1.82, 2.24) is 14.9 Å². The van der Waals surface area contributed by atoms with Crippen molar-refractivity contribution in [2.24, 2.45) is 0 Å². The van der Waals surface area contributed by atoms with Crippen molar-refractivity contribution in [1.29, 1.82) is 0 Å². The summed E-state index contributed by atoms with van der Waals surface area (Å²) in [6.45, 7) is 0.678. The molecule has 36 heavy (non-hydrogen) atoms. The summed E-state index contributed by atoms with van der Waals surface area (Å²) in [5.74, 6) is 0.159. The second-order valence-corrected chi connectivity index (χ2v) is 9.25. The second kappa shape index (κ2) is 11.8. The number of phenols is 1. The van der Waals surface area contributed by atoms with Crippen LogP contribution in [-0.2, 0) is 6.42 Å². The highest BCUT2D eigenvalue weighted by Crippen LogP contribution is 2.30. The minimum Gasteiger partial charge on any atom is -0.508 e. The molecule has 4 aromatic rings. The zero-order valence-electron chi connectivity index (χ0n) is 19.8. The van der Waals surface area contributed by atoms with Gasteiger partial charge in [-0.1, -0.05) is 76.6 Å². The fourth-order valence-electron chi connectivity index (χ4n) is 3.83. The van der Waals surface area contributed by atoms with E-state index < -0.39 is 6.10 Å². The number of anilines is 1. The van der Waals surface area contributed by atoms with Crippen LogP contribution in [-0.4, -0.2) is 51.1 Å². The normalized spacial score (nSPS) is 11.6. The summed E-state index contributed by atoms with van der Waals surface area (Å²) in [5, 5.41) is 23.6. The smallest absolute Gasteiger partial charge is 0.257 e. The van der Waals surface area contributed by atoms with Crippen LogP contribution in [0.25, 0.3) is 11.3 Å². The molecular weight excluding hydrogens is 520 g/mol. The van der Waals surface area contributed by atoms with Crippen molar-refractivity contribution < 1.29 is 15.0 Å². The number of aliphatic hydroxyl groups excluding tert-OH is 1. The minimum absolute atomic E-state index is 0.0365. The maximum atomic E-state index is 13.4. The Morgan fingerprint density at radius 1 is 1.06 bits per heavy atom. The van der Waals surface area contributed by atoms with E-state index in [1.54, 1.807) is 19.2 Å². The average molecular weight is 547 g/mol. The molecule has 0 saturated heterocycles. The Morgan fingerprint density at radius 3 is 2.56 bits per heavy atom. The monoisotopic (exact) mass is 546 g/mol. The predicted octanol–water partition coefficient (Wildman–Crippen LogP) is 5.07. The molecule has 4 rings (SSSR count). The number of nitrogens with zero attached hydrogens (tertiary/aromatic N) is 3. The maximum absolute atomic E-state index is 13.4. The van der Waals surface area contributed by atoms with E-state index in [0.717, 1.165) is 16.5 Å². The number of amides is 1. The van der Waals surface area contributed by atoms with E-state index in [0.29, 0.717) is 29.3 Å². The summed E-state index contributed by atoms with van der Waals surface area (Å²) in [6.07, 6.45) is 1.37. The van der Waals surface area contributed by atoms with Crippen molar-refractivity contribution in [3.63, 3.8) is 0 Å². The molecule has 0 aliphatic carbocycles. The standard InChI is InChI=1S/C28H27BrN4O3/c1-33(18-25(35)20-10-7-11-21(34)16-20)27(36)23-17-31-28(30-15-14-19-8-3-2-4-9-19)32-26(23)22-12-5-6-13-24(22)29/h2-13,16-17,25,34-35H,14-15,18H2,1H3,(H,30,31,32). The van der Waals surface area contributed by atoms with Crippen LogP contribution in [0.2, 0.25) is 0 Å². The molecule has 0 bridgehead atoms. The first-order chi connectivity index (χ1) is 17.4. The first-order valence-electron chi connectivity index (χ1n) is 11.5. The van der Waals surface area contributed by atoms with Crippen molar-refractivity contribution in [2.75, 3.05) is 25.5 Å². The molecule has 0 spiro atoms. The zero-order chi connectivity index (χ0) is 25.5. The highest BCUT2D eigenvalue weighted by Gasteiger charge is 2.23. The third-order valence-electron chi connectivity index (χ3n) is 5.74. The number of hydrogen-bond donors (Lipinski definition) is 3. The van der Waals surface area contributed by atoms with Gasteiger partial charge in [0.2, 0.25) is 5.95 Å². The number of carbonyl (C=O) groups excluding carboxylic acids is 1. The van der Waals surface area contributed by atoms with Gasteiger partial charge in [0.25, 0.3) is 5.91 Å². The maximum Gasteiger partial charge on any atom is 0.257 e. The Morgan fingerprint density at radius 2 is 1.81 bits per heavy atom. The molecule has 0 saturated carbocycles. The Hall–Kier alpha value is -3.75. The number of nitrogens with one attached hydrogen (secondary N) is 1. The van der Waals surface area contributed by atoms with Crippen LogP contribution in [0, 0.1) is 0 Å². The van der Waals surface area contributed by atoms with Crippen LogP contribution in [0.3, 0.4) is 0 Å². The third kappa shape index (κ3) is 6.27. The van der Waals surface area contributed by atoms with Crippen LogP contribution in [0.5, 0.6) is 5.75 Å². The van der Waals surface area contributed by atoms with E-state index in [9.17, 15) is 15.0 Å². The SMILES string of the molecule is CN(CC(O)c1cccc(O)c1)C(=O)c1cnc(NCCc2ccccc2)nc1-c1ccccc1Br. The summed E-state index contributed by atoms with van der Waals surface area (Å²) in [6, 6.07) is 24.1. The molecule has 184 valence electrons. The van der Waals surface area contributed by atoms with Gasteiger partial charge in [-0.3, -0.25) is 4.79 Å². The summed E-state index contributed by atoms with van der Waals surface area (Å²) >= 11 is 3.57. The van der Waals surface area contributed by atoms with Gasteiger partial charge in [-0.15, -0.1) is 0 Å². The molecule has 1 heterocycles. The molecule has 3 aromatic carbocycles. The Kier molecular flexibility index (Phi) is 8.30. The number of aromatic nitrogens is 2. The number of benzene rings is 3. The van der Waals surface area contributed by atoms with Gasteiger partial charge in [0, 0.05) is 29.8 Å². The molecule has 8 heteroatoms. The lowest BCUT2D eigenvalue weighted by molar-refractivity contribution is 0.0681. The Labute approximate surface area is 218 Å². The molecule has 1 aromatic heterocycles. The van der Waals surface area contributed by atoms with Gasteiger partial charge >= 0.3 is 0 Å². The Bertz CT molecular complexity index is 1330. The summed E-state index contributed by atoms with van der Waals surface area (Å²) in [5.41, 5.74) is 3.30. The van der Waals surface area contributed by atoms with Gasteiger partial charge < -0.3 is 20.4 Å². The number of likely N-dealkylation sites (N-methyl/N-ethyl adjacent to an activating group) is 1. The molecule has 1 amide bonds. The molecule has 0 radical (unpaired) electrons. The average Bonchev–Trinajstić information content (AvgIpc) is 2.89. The number of rotatable bonds is 9. The quantitative estimate of drug-likeness (QED) is 0.271. The van der Waals surface area contributed by atoms with Crippen LogP contribution < -0.4 is 5.32 Å². The third-order valence-corrected chi connectivity index (χ3v) is 6.43. The molecule has 0 aliphatic heterocycles. The topological polar surface area (TPSA) is 98.6 Å². The highest BCUT2D eigenvalue weighted by molar-refractivity contribution is 9.10. The number of halogens is 1. The van der Waals surface area contributed by atoms with Gasteiger partial charge in [-0.2, -0.15) is 0 Å². The van der Waals surface area contributed by atoms with Gasteiger partial charge in [-0.05, 0) is 35.7 Å². The first-order valence-corrected chi connectivity index (χ1v) is 12.3. The lowest BCUT2D eigenvalue weighted by Gasteiger charge is -2.22. The predicted molar refractivity (Wildman–Crippen MR) is 144 cm³/mol. The van der Waals surface area contributed by atoms with Crippen molar-refractivity contribution in [3.05, 3.63) is 106 Å². The van der Waals surface area contributed by atoms with E-state index in [1.165, 1.54) is 28.8 Å². The Balaban J connectivity index is 1.56. The fraction of sp³-hybridized carbons (Fsp3) is 0.179. The molecule has 0 aliphatic rings. The largest absolute Gasteiger partial charge is 0.508 e. The summed E-state index contributed by atoms with van der Waals surface area (Å²) < 4.78 is 0.801. The lowest BCUT2D eigenvalue weighted by Crippen LogP contribution is -2.32. The van der Waals surface area contributed by atoms with E-state index in [2.05, 4.69) is 38.4 Å². The molecule has 1 atom stereocenters. The second-order valence-electron chi connectivity index (χ2n) is 8.39. The first kappa shape index (κ1) is 25.3. The molecule has 0 fully saturated rings. The van der Waals surface area contributed by atoms with Gasteiger partial charge in [-0.25, -0.2) is 9.97 Å². The molecule has 1 unspecified atom stereocenters. The number of phenolic OH excluding ortho intramolecular Hbond substituents is 1. The van der Waals surface area contributed by atoms with Crippen LogP contribution >= 0.6 is 15.9 Å². The highest BCUT2D eigenvalue weighted by atomic mass is 79.9. The van der Waals surface area contributed by atoms with E-state index in [1.807, 2.05) is 42.5 Å².